The summed E-state index contributed by atoms with van der Waals surface area (Å²) in [5.41, 5.74) is 2.06. The smallest absolute Gasteiger partial charge is 0.237 e. The van der Waals surface area contributed by atoms with Crippen molar-refractivity contribution in [1.82, 2.24) is 20.6 Å². The summed E-state index contributed by atoms with van der Waals surface area (Å²) in [4.78, 5) is 20.5. The van der Waals surface area contributed by atoms with Crippen LogP contribution < -0.4 is 10.6 Å². The van der Waals surface area contributed by atoms with Crippen molar-refractivity contribution in [3.8, 4) is 0 Å². The molecule has 0 fully saturated rings. The lowest BCUT2D eigenvalue weighted by atomic mass is 10.0. The second-order valence-corrected chi connectivity index (χ2v) is 6.33. The maximum atomic E-state index is 12.1. The van der Waals surface area contributed by atoms with Crippen LogP contribution in [0.5, 0.6) is 0 Å². The summed E-state index contributed by atoms with van der Waals surface area (Å²) in [6, 6.07) is 1.82. The number of halogens is 1. The SMILES string of the molecule is O=C(NCc1cc(Br)cs1)C1Cc2nc[nH]c2CN1. The highest BCUT2D eigenvalue weighted by Gasteiger charge is 2.25. The molecule has 0 bridgehead atoms. The normalized spacial score (nSPS) is 18.1. The molecule has 2 aromatic heterocycles. The molecule has 0 spiro atoms. The molecule has 1 amide bonds. The van der Waals surface area contributed by atoms with Crippen LogP contribution in [-0.2, 0) is 24.3 Å². The van der Waals surface area contributed by atoms with Crippen LogP contribution in [0.2, 0.25) is 0 Å². The lowest BCUT2D eigenvalue weighted by molar-refractivity contribution is -0.123. The Bertz CT molecular complexity index is 594. The van der Waals surface area contributed by atoms with Gasteiger partial charge in [-0.3, -0.25) is 10.1 Å². The number of nitrogens with one attached hydrogen (secondary N) is 3. The van der Waals surface area contributed by atoms with Crippen molar-refractivity contribution in [2.45, 2.75) is 25.6 Å². The van der Waals surface area contributed by atoms with Crippen LogP contribution in [0.1, 0.15) is 16.3 Å². The van der Waals surface area contributed by atoms with E-state index in [9.17, 15) is 4.79 Å². The van der Waals surface area contributed by atoms with E-state index < -0.39 is 0 Å². The van der Waals surface area contributed by atoms with Gasteiger partial charge < -0.3 is 10.3 Å². The summed E-state index contributed by atoms with van der Waals surface area (Å²) in [7, 11) is 0. The highest BCUT2D eigenvalue weighted by atomic mass is 79.9. The Labute approximate surface area is 123 Å². The van der Waals surface area contributed by atoms with Gasteiger partial charge in [0.2, 0.25) is 5.91 Å². The molecule has 100 valence electrons. The van der Waals surface area contributed by atoms with E-state index in [1.807, 2.05) is 11.4 Å². The Balaban J connectivity index is 1.57. The van der Waals surface area contributed by atoms with Crippen molar-refractivity contribution in [2.75, 3.05) is 0 Å². The summed E-state index contributed by atoms with van der Waals surface area (Å²) in [5.74, 6) is 0.0261. The minimum absolute atomic E-state index is 0.0261. The molecule has 0 aromatic carbocycles. The topological polar surface area (TPSA) is 69.8 Å². The highest BCUT2D eigenvalue weighted by molar-refractivity contribution is 9.10. The molecular formula is C12H13BrN4OS. The molecule has 1 atom stereocenters. The molecule has 19 heavy (non-hydrogen) atoms. The molecule has 0 radical (unpaired) electrons. The van der Waals surface area contributed by atoms with E-state index in [1.54, 1.807) is 17.7 Å². The fourth-order valence-corrected chi connectivity index (χ4v) is 3.49. The van der Waals surface area contributed by atoms with Crippen LogP contribution >= 0.6 is 27.3 Å². The van der Waals surface area contributed by atoms with Crippen LogP contribution in [0.25, 0.3) is 0 Å². The Morgan fingerprint density at radius 3 is 3.32 bits per heavy atom. The maximum Gasteiger partial charge on any atom is 0.237 e. The fourth-order valence-electron chi connectivity index (χ4n) is 2.10. The quantitative estimate of drug-likeness (QED) is 0.794. The number of aromatic nitrogens is 2. The molecular weight excluding hydrogens is 328 g/mol. The van der Waals surface area contributed by atoms with Gasteiger partial charge in [-0.2, -0.15) is 0 Å². The molecule has 1 aliphatic rings. The summed E-state index contributed by atoms with van der Waals surface area (Å²) in [5, 5.41) is 8.18. The van der Waals surface area contributed by atoms with Gasteiger partial charge in [-0.15, -0.1) is 11.3 Å². The van der Waals surface area contributed by atoms with Gasteiger partial charge in [-0.25, -0.2) is 4.98 Å². The zero-order valence-electron chi connectivity index (χ0n) is 10.1. The number of H-pyrrole nitrogens is 1. The molecule has 3 heterocycles. The van der Waals surface area contributed by atoms with Crippen molar-refractivity contribution in [3.63, 3.8) is 0 Å². The summed E-state index contributed by atoms with van der Waals surface area (Å²) >= 11 is 5.03. The van der Waals surface area contributed by atoms with E-state index in [1.165, 1.54) is 0 Å². The number of amides is 1. The van der Waals surface area contributed by atoms with E-state index in [0.29, 0.717) is 19.5 Å². The van der Waals surface area contributed by atoms with E-state index in [-0.39, 0.29) is 11.9 Å². The summed E-state index contributed by atoms with van der Waals surface area (Å²) in [6.45, 7) is 1.23. The van der Waals surface area contributed by atoms with Crippen molar-refractivity contribution in [3.05, 3.63) is 38.5 Å². The number of thiophene rings is 1. The van der Waals surface area contributed by atoms with Crippen LogP contribution in [0.4, 0.5) is 0 Å². The van der Waals surface area contributed by atoms with Crippen molar-refractivity contribution in [2.24, 2.45) is 0 Å². The first-order valence-corrected chi connectivity index (χ1v) is 7.65. The number of hydrogen-bond donors (Lipinski definition) is 3. The maximum absolute atomic E-state index is 12.1. The van der Waals surface area contributed by atoms with Crippen molar-refractivity contribution >= 4 is 33.2 Å². The monoisotopic (exact) mass is 340 g/mol. The minimum Gasteiger partial charge on any atom is -0.350 e. The van der Waals surface area contributed by atoms with E-state index >= 15 is 0 Å². The number of fused-ring (bicyclic) bond motifs is 1. The molecule has 1 unspecified atom stereocenters. The third-order valence-corrected chi connectivity index (χ3v) is 4.80. The van der Waals surface area contributed by atoms with Gasteiger partial charge in [0.15, 0.2) is 0 Å². The average molecular weight is 341 g/mol. The molecule has 2 aromatic rings. The second-order valence-electron chi connectivity index (χ2n) is 4.41. The van der Waals surface area contributed by atoms with E-state index in [4.69, 9.17) is 0 Å². The minimum atomic E-state index is -0.195. The fraction of sp³-hybridized carbons (Fsp3) is 0.333. The summed E-state index contributed by atoms with van der Waals surface area (Å²) in [6.07, 6.45) is 2.31. The van der Waals surface area contributed by atoms with E-state index in [0.717, 1.165) is 20.7 Å². The van der Waals surface area contributed by atoms with Gasteiger partial charge in [0.05, 0.1) is 30.3 Å². The van der Waals surface area contributed by atoms with Gasteiger partial charge >= 0.3 is 0 Å². The zero-order valence-corrected chi connectivity index (χ0v) is 12.5. The first-order valence-electron chi connectivity index (χ1n) is 5.97. The van der Waals surface area contributed by atoms with Crippen LogP contribution in [0.3, 0.4) is 0 Å². The number of aromatic amines is 1. The zero-order chi connectivity index (χ0) is 13.2. The third-order valence-electron chi connectivity index (χ3n) is 3.11. The van der Waals surface area contributed by atoms with Crippen LogP contribution in [-0.4, -0.2) is 21.9 Å². The Morgan fingerprint density at radius 1 is 1.63 bits per heavy atom. The highest BCUT2D eigenvalue weighted by Crippen LogP contribution is 2.19. The van der Waals surface area contributed by atoms with Gasteiger partial charge in [-0.05, 0) is 22.0 Å². The standard InChI is InChI=1S/C12H13BrN4OS/c13-7-1-8(19-5-7)3-15-12(18)10-2-9-11(4-14-10)17-6-16-9/h1,5-6,10,14H,2-4H2,(H,15,18)(H,16,17). The van der Waals surface area contributed by atoms with Crippen molar-refractivity contribution < 1.29 is 4.79 Å². The number of nitrogens with zero attached hydrogens (tertiary/aromatic N) is 1. The number of rotatable bonds is 3. The average Bonchev–Trinajstić information content (AvgIpc) is 3.03. The lowest BCUT2D eigenvalue weighted by Gasteiger charge is -2.22. The first kappa shape index (κ1) is 12.8. The molecule has 0 saturated heterocycles. The number of carbonyl (C=O) groups excluding carboxylic acids is 1. The number of carbonyl (C=O) groups is 1. The third kappa shape index (κ3) is 2.88. The Morgan fingerprint density at radius 2 is 2.53 bits per heavy atom. The molecule has 0 saturated carbocycles. The number of hydrogen-bond acceptors (Lipinski definition) is 4. The molecule has 5 nitrogen and oxygen atoms in total. The second kappa shape index (κ2) is 5.44. The molecule has 1 aliphatic heterocycles. The van der Waals surface area contributed by atoms with Gasteiger partial charge in [0, 0.05) is 27.7 Å². The van der Waals surface area contributed by atoms with Crippen LogP contribution in [0, 0.1) is 0 Å². The lowest BCUT2D eigenvalue weighted by Crippen LogP contribution is -2.47. The molecule has 3 N–H and O–H groups in total. The summed E-state index contributed by atoms with van der Waals surface area (Å²) < 4.78 is 1.05. The van der Waals surface area contributed by atoms with Crippen molar-refractivity contribution in [1.29, 1.82) is 0 Å². The Kier molecular flexibility index (Phi) is 3.67. The van der Waals surface area contributed by atoms with Gasteiger partial charge in [0.25, 0.3) is 0 Å². The first-order chi connectivity index (χ1) is 9.22. The number of imidazole rings is 1. The van der Waals surface area contributed by atoms with Gasteiger partial charge in [0.1, 0.15) is 0 Å². The predicted molar refractivity (Wildman–Crippen MR) is 76.8 cm³/mol. The largest absolute Gasteiger partial charge is 0.350 e. The van der Waals surface area contributed by atoms with Crippen LogP contribution in [0.15, 0.2) is 22.2 Å². The molecule has 0 aliphatic carbocycles. The van der Waals surface area contributed by atoms with E-state index in [2.05, 4.69) is 36.5 Å². The molecule has 7 heteroatoms. The van der Waals surface area contributed by atoms with Gasteiger partial charge in [-0.1, -0.05) is 0 Å². The Hall–Kier alpha value is -1.18. The molecule has 3 rings (SSSR count). The predicted octanol–water partition coefficient (Wildman–Crippen LogP) is 1.56.